The highest BCUT2D eigenvalue weighted by Gasteiger charge is 2.17. The van der Waals surface area contributed by atoms with E-state index in [2.05, 4.69) is 15.5 Å². The number of methoxy groups -OCH3 is 1. The van der Waals surface area contributed by atoms with Gasteiger partial charge in [0.25, 0.3) is 5.91 Å². The first-order valence-electron chi connectivity index (χ1n) is 4.06. The normalized spacial score (nSPS) is 12.5. The molecule has 0 spiro atoms. The maximum absolute atomic E-state index is 11.4. The van der Waals surface area contributed by atoms with Gasteiger partial charge in [0.1, 0.15) is 12.4 Å². The number of hydrogen-bond donors (Lipinski definition) is 2. The SMILES string of the molecule is COC(CN)C(=O)Nc1nncn1C. The Balaban J connectivity index is 2.61. The number of carbonyl (C=O) groups is 1. The minimum absolute atomic E-state index is 0.125. The number of anilines is 1. The standard InChI is InChI=1S/C7H13N5O2/c1-12-4-9-11-7(12)10-6(13)5(3-8)14-2/h4-5H,3,8H2,1-2H3,(H,10,11,13). The molecule has 1 aromatic heterocycles. The molecule has 1 aromatic rings. The number of nitrogens with one attached hydrogen (secondary N) is 1. The van der Waals surface area contributed by atoms with Crippen molar-refractivity contribution < 1.29 is 9.53 Å². The average molecular weight is 199 g/mol. The van der Waals surface area contributed by atoms with Gasteiger partial charge < -0.3 is 15.0 Å². The number of nitrogens with zero attached hydrogens (tertiary/aromatic N) is 3. The van der Waals surface area contributed by atoms with E-state index < -0.39 is 6.10 Å². The Hall–Kier alpha value is -1.47. The summed E-state index contributed by atoms with van der Waals surface area (Å²) in [6, 6.07) is 0. The third-order valence-corrected chi connectivity index (χ3v) is 1.74. The van der Waals surface area contributed by atoms with Crippen LogP contribution in [0.1, 0.15) is 0 Å². The molecule has 0 aromatic carbocycles. The number of hydrogen-bond acceptors (Lipinski definition) is 5. The zero-order valence-electron chi connectivity index (χ0n) is 8.10. The molecule has 0 aliphatic rings. The van der Waals surface area contributed by atoms with Crippen molar-refractivity contribution in [3.05, 3.63) is 6.33 Å². The van der Waals surface area contributed by atoms with Crippen molar-refractivity contribution >= 4 is 11.9 Å². The van der Waals surface area contributed by atoms with Crippen LogP contribution >= 0.6 is 0 Å². The molecule has 1 amide bonds. The molecule has 0 aliphatic carbocycles. The Morgan fingerprint density at radius 3 is 3.00 bits per heavy atom. The Morgan fingerprint density at radius 1 is 1.86 bits per heavy atom. The van der Waals surface area contributed by atoms with Crippen LogP contribution in [0.2, 0.25) is 0 Å². The van der Waals surface area contributed by atoms with Crippen LogP contribution in [0.5, 0.6) is 0 Å². The topological polar surface area (TPSA) is 95.1 Å². The van der Waals surface area contributed by atoms with Crippen molar-refractivity contribution in [2.75, 3.05) is 19.0 Å². The molecule has 0 fully saturated rings. The number of amides is 1. The highest BCUT2D eigenvalue weighted by Crippen LogP contribution is 2.00. The molecule has 0 aliphatic heterocycles. The Labute approximate surface area is 81.2 Å². The molecule has 0 saturated heterocycles. The second-order valence-corrected chi connectivity index (χ2v) is 2.71. The number of ether oxygens (including phenoxy) is 1. The molecular formula is C7H13N5O2. The van der Waals surface area contributed by atoms with Gasteiger partial charge in [-0.05, 0) is 0 Å². The van der Waals surface area contributed by atoms with E-state index in [-0.39, 0.29) is 12.5 Å². The third-order valence-electron chi connectivity index (χ3n) is 1.74. The number of carbonyl (C=O) groups excluding carboxylic acids is 1. The molecule has 7 nitrogen and oxygen atoms in total. The van der Waals surface area contributed by atoms with Gasteiger partial charge in [0.2, 0.25) is 5.95 Å². The number of rotatable bonds is 4. The second kappa shape index (κ2) is 4.68. The Morgan fingerprint density at radius 2 is 2.57 bits per heavy atom. The van der Waals surface area contributed by atoms with Crippen LogP contribution in [-0.4, -0.2) is 40.4 Å². The molecular weight excluding hydrogens is 186 g/mol. The third kappa shape index (κ3) is 2.27. The lowest BCUT2D eigenvalue weighted by Gasteiger charge is -2.11. The van der Waals surface area contributed by atoms with E-state index in [4.69, 9.17) is 10.5 Å². The first kappa shape index (κ1) is 10.6. The summed E-state index contributed by atoms with van der Waals surface area (Å²) in [5, 5.41) is 9.84. The summed E-state index contributed by atoms with van der Waals surface area (Å²) in [6.07, 6.45) is 0.826. The average Bonchev–Trinajstić information content (AvgIpc) is 2.54. The fourth-order valence-corrected chi connectivity index (χ4v) is 0.897. The van der Waals surface area contributed by atoms with Gasteiger partial charge >= 0.3 is 0 Å². The van der Waals surface area contributed by atoms with E-state index in [9.17, 15) is 4.79 Å². The Kier molecular flexibility index (Phi) is 3.55. The molecule has 1 unspecified atom stereocenters. The lowest BCUT2D eigenvalue weighted by atomic mass is 10.3. The molecule has 1 rings (SSSR count). The van der Waals surface area contributed by atoms with Gasteiger partial charge in [0.15, 0.2) is 0 Å². The minimum atomic E-state index is -0.660. The van der Waals surface area contributed by atoms with Gasteiger partial charge in [-0.3, -0.25) is 10.1 Å². The lowest BCUT2D eigenvalue weighted by molar-refractivity contribution is -0.125. The monoisotopic (exact) mass is 199 g/mol. The van der Waals surface area contributed by atoms with Crippen molar-refractivity contribution in [2.45, 2.75) is 6.10 Å². The van der Waals surface area contributed by atoms with E-state index in [1.54, 1.807) is 11.6 Å². The Bertz CT molecular complexity index is 307. The fraction of sp³-hybridized carbons (Fsp3) is 0.571. The molecule has 7 heteroatoms. The van der Waals surface area contributed by atoms with Crippen molar-refractivity contribution in [1.29, 1.82) is 0 Å². The van der Waals surface area contributed by atoms with Crippen LogP contribution in [0, 0.1) is 0 Å². The fourth-order valence-electron chi connectivity index (χ4n) is 0.897. The zero-order valence-corrected chi connectivity index (χ0v) is 8.10. The molecule has 0 bridgehead atoms. The number of aryl methyl sites for hydroxylation is 1. The molecule has 0 saturated carbocycles. The first-order chi connectivity index (χ1) is 6.69. The minimum Gasteiger partial charge on any atom is -0.370 e. The smallest absolute Gasteiger partial charge is 0.257 e. The van der Waals surface area contributed by atoms with Crippen LogP contribution < -0.4 is 11.1 Å². The van der Waals surface area contributed by atoms with Crippen molar-refractivity contribution in [3.63, 3.8) is 0 Å². The van der Waals surface area contributed by atoms with Crippen molar-refractivity contribution in [3.8, 4) is 0 Å². The summed E-state index contributed by atoms with van der Waals surface area (Å²) in [4.78, 5) is 11.4. The van der Waals surface area contributed by atoms with Gasteiger partial charge in [0, 0.05) is 20.7 Å². The predicted molar refractivity (Wildman–Crippen MR) is 49.5 cm³/mol. The van der Waals surface area contributed by atoms with Gasteiger partial charge in [-0.2, -0.15) is 0 Å². The van der Waals surface area contributed by atoms with Crippen molar-refractivity contribution in [2.24, 2.45) is 12.8 Å². The number of nitrogens with two attached hydrogens (primary N) is 1. The molecule has 1 heterocycles. The van der Waals surface area contributed by atoms with E-state index in [1.807, 2.05) is 0 Å². The van der Waals surface area contributed by atoms with Gasteiger partial charge in [-0.15, -0.1) is 10.2 Å². The molecule has 78 valence electrons. The van der Waals surface area contributed by atoms with E-state index in [1.165, 1.54) is 13.4 Å². The van der Waals surface area contributed by atoms with Crippen LogP contribution in [-0.2, 0) is 16.6 Å². The summed E-state index contributed by atoms with van der Waals surface area (Å²) in [5.41, 5.74) is 5.32. The maximum Gasteiger partial charge on any atom is 0.257 e. The maximum atomic E-state index is 11.4. The number of aromatic nitrogens is 3. The molecule has 14 heavy (non-hydrogen) atoms. The van der Waals surface area contributed by atoms with Crippen LogP contribution in [0.15, 0.2) is 6.33 Å². The summed E-state index contributed by atoms with van der Waals surface area (Å²) >= 11 is 0. The zero-order chi connectivity index (χ0) is 10.6. The lowest BCUT2D eigenvalue weighted by Crippen LogP contribution is -2.36. The summed E-state index contributed by atoms with van der Waals surface area (Å²) < 4.78 is 6.44. The van der Waals surface area contributed by atoms with Gasteiger partial charge in [0.05, 0.1) is 0 Å². The molecule has 1 atom stereocenters. The van der Waals surface area contributed by atoms with Gasteiger partial charge in [-0.25, -0.2) is 0 Å². The summed E-state index contributed by atoms with van der Waals surface area (Å²) in [7, 11) is 3.15. The quantitative estimate of drug-likeness (QED) is 0.630. The predicted octanol–water partition coefficient (Wildman–Crippen LogP) is -1.27. The van der Waals surface area contributed by atoms with Crippen LogP contribution in [0.3, 0.4) is 0 Å². The van der Waals surface area contributed by atoms with Gasteiger partial charge in [-0.1, -0.05) is 0 Å². The highest BCUT2D eigenvalue weighted by atomic mass is 16.5. The summed E-state index contributed by atoms with van der Waals surface area (Å²) in [6.45, 7) is 0.125. The van der Waals surface area contributed by atoms with E-state index in [0.29, 0.717) is 5.95 Å². The van der Waals surface area contributed by atoms with Crippen LogP contribution in [0.4, 0.5) is 5.95 Å². The molecule has 0 radical (unpaired) electrons. The second-order valence-electron chi connectivity index (χ2n) is 2.71. The van der Waals surface area contributed by atoms with E-state index >= 15 is 0 Å². The highest BCUT2D eigenvalue weighted by molar-refractivity contribution is 5.92. The van der Waals surface area contributed by atoms with Crippen LogP contribution in [0.25, 0.3) is 0 Å². The first-order valence-corrected chi connectivity index (χ1v) is 4.06. The largest absolute Gasteiger partial charge is 0.370 e. The van der Waals surface area contributed by atoms with Crippen molar-refractivity contribution in [1.82, 2.24) is 14.8 Å². The summed E-state index contributed by atoms with van der Waals surface area (Å²) in [5.74, 6) is 0.0385. The molecule has 3 N–H and O–H groups in total. The van der Waals surface area contributed by atoms with E-state index in [0.717, 1.165) is 0 Å².